The molecule has 0 aliphatic heterocycles. The molecule has 1 unspecified atom stereocenters. The van der Waals surface area contributed by atoms with Gasteiger partial charge in [0.05, 0.1) is 13.0 Å². The molecule has 0 spiro atoms. The van der Waals surface area contributed by atoms with E-state index in [2.05, 4.69) is 6.92 Å². The molecule has 0 saturated heterocycles. The molecule has 104 valence electrons. The van der Waals surface area contributed by atoms with Gasteiger partial charge in [0.2, 0.25) is 0 Å². The quantitative estimate of drug-likeness (QED) is 0.296. The van der Waals surface area contributed by atoms with Crippen LogP contribution in [0.5, 0.6) is 0 Å². The maximum absolute atomic E-state index is 12.0. The summed E-state index contributed by atoms with van der Waals surface area (Å²) in [4.78, 5) is 0. The highest BCUT2D eigenvalue weighted by Gasteiger charge is 2.30. The third-order valence-electron chi connectivity index (χ3n) is 2.39. The SMILES string of the molecule is CCCCCCCCOCC(I)CC(F)(F)F. The average Bonchev–Trinajstić information content (AvgIpc) is 2.19. The van der Waals surface area contributed by atoms with Crippen LogP contribution in [0.3, 0.4) is 0 Å². The fourth-order valence-corrected chi connectivity index (χ4v) is 2.26. The van der Waals surface area contributed by atoms with Crippen molar-refractivity contribution >= 4 is 22.6 Å². The second-order valence-corrected chi connectivity index (χ2v) is 6.02. The Bertz CT molecular complexity index is 174. The molecule has 1 nitrogen and oxygen atoms in total. The molecule has 0 aromatic heterocycles. The smallest absolute Gasteiger partial charge is 0.380 e. The van der Waals surface area contributed by atoms with Crippen molar-refractivity contribution in [1.29, 1.82) is 0 Å². The molecule has 0 aliphatic rings. The molecule has 5 heteroatoms. The van der Waals surface area contributed by atoms with Crippen LogP contribution in [0.1, 0.15) is 51.9 Å². The fraction of sp³-hybridized carbons (Fsp3) is 1.00. The number of rotatable bonds is 10. The van der Waals surface area contributed by atoms with Crippen molar-refractivity contribution in [1.82, 2.24) is 0 Å². The van der Waals surface area contributed by atoms with Crippen LogP contribution in [0.4, 0.5) is 13.2 Å². The number of unbranched alkanes of at least 4 members (excludes halogenated alkanes) is 5. The minimum atomic E-state index is -4.07. The number of hydrogen-bond acceptors (Lipinski definition) is 1. The van der Waals surface area contributed by atoms with E-state index in [1.807, 2.05) is 0 Å². The highest BCUT2D eigenvalue weighted by molar-refractivity contribution is 14.1. The van der Waals surface area contributed by atoms with E-state index >= 15 is 0 Å². The van der Waals surface area contributed by atoms with E-state index in [1.54, 1.807) is 22.6 Å². The summed E-state index contributed by atoms with van der Waals surface area (Å²) in [7, 11) is 0. The first kappa shape index (κ1) is 17.5. The van der Waals surface area contributed by atoms with E-state index in [0.717, 1.165) is 12.8 Å². The molecular formula is C12H22F3IO. The molecule has 0 aromatic carbocycles. The first-order chi connectivity index (χ1) is 7.95. The van der Waals surface area contributed by atoms with E-state index in [1.165, 1.54) is 25.7 Å². The third-order valence-corrected chi connectivity index (χ3v) is 3.19. The molecule has 0 saturated carbocycles. The van der Waals surface area contributed by atoms with E-state index in [0.29, 0.717) is 6.61 Å². The van der Waals surface area contributed by atoms with Crippen LogP contribution in [0.25, 0.3) is 0 Å². The predicted molar refractivity (Wildman–Crippen MR) is 72.7 cm³/mol. The van der Waals surface area contributed by atoms with Crippen molar-refractivity contribution in [2.24, 2.45) is 0 Å². The second-order valence-electron chi connectivity index (χ2n) is 4.26. The molecule has 1 atom stereocenters. The first-order valence-corrected chi connectivity index (χ1v) is 7.49. The van der Waals surface area contributed by atoms with Gasteiger partial charge in [-0.15, -0.1) is 0 Å². The van der Waals surface area contributed by atoms with Gasteiger partial charge in [0.1, 0.15) is 0 Å². The lowest BCUT2D eigenvalue weighted by Crippen LogP contribution is -2.19. The van der Waals surface area contributed by atoms with Crippen LogP contribution in [-0.4, -0.2) is 23.3 Å². The summed E-state index contributed by atoms with van der Waals surface area (Å²) < 4.78 is 40.8. The van der Waals surface area contributed by atoms with E-state index in [-0.39, 0.29) is 6.61 Å². The molecule has 0 fully saturated rings. The Balaban J connectivity index is 3.22. The van der Waals surface area contributed by atoms with Crippen molar-refractivity contribution in [3.8, 4) is 0 Å². The van der Waals surface area contributed by atoms with Crippen LogP contribution in [0.2, 0.25) is 0 Å². The molecule has 0 aromatic rings. The molecule has 0 rings (SSSR count). The zero-order chi connectivity index (χ0) is 13.1. The van der Waals surface area contributed by atoms with Crippen molar-refractivity contribution in [3.63, 3.8) is 0 Å². The van der Waals surface area contributed by atoms with Crippen LogP contribution < -0.4 is 0 Å². The molecule has 0 aliphatic carbocycles. The number of alkyl halides is 4. The maximum Gasteiger partial charge on any atom is 0.390 e. The summed E-state index contributed by atoms with van der Waals surface area (Å²) in [6, 6.07) is 0. The van der Waals surface area contributed by atoms with Gasteiger partial charge in [-0.1, -0.05) is 61.6 Å². The Hall–Kier alpha value is 0.480. The van der Waals surface area contributed by atoms with Crippen LogP contribution in [0.15, 0.2) is 0 Å². The summed E-state index contributed by atoms with van der Waals surface area (Å²) in [5.74, 6) is 0. The zero-order valence-electron chi connectivity index (χ0n) is 10.4. The summed E-state index contributed by atoms with van der Waals surface area (Å²) in [5, 5.41) is 0. The molecule has 0 radical (unpaired) electrons. The summed E-state index contributed by atoms with van der Waals surface area (Å²) in [6.45, 7) is 2.96. The second kappa shape index (κ2) is 10.4. The van der Waals surface area contributed by atoms with Gasteiger partial charge in [-0.3, -0.25) is 0 Å². The van der Waals surface area contributed by atoms with Gasteiger partial charge in [0, 0.05) is 10.5 Å². The third kappa shape index (κ3) is 14.4. The maximum atomic E-state index is 12.0. The normalized spacial score (nSPS) is 13.9. The zero-order valence-corrected chi connectivity index (χ0v) is 12.5. The van der Waals surface area contributed by atoms with Crippen LogP contribution in [-0.2, 0) is 4.74 Å². The fourth-order valence-electron chi connectivity index (χ4n) is 1.51. The Morgan fingerprint density at radius 1 is 1.06 bits per heavy atom. The largest absolute Gasteiger partial charge is 0.390 e. The molecule has 0 bridgehead atoms. The van der Waals surface area contributed by atoms with Crippen LogP contribution in [0, 0.1) is 0 Å². The van der Waals surface area contributed by atoms with Gasteiger partial charge in [-0.2, -0.15) is 13.2 Å². The Kier molecular flexibility index (Phi) is 10.7. The van der Waals surface area contributed by atoms with Crippen molar-refractivity contribution in [3.05, 3.63) is 0 Å². The molecule has 0 N–H and O–H groups in total. The molecule has 0 amide bonds. The average molecular weight is 366 g/mol. The Morgan fingerprint density at radius 3 is 2.24 bits per heavy atom. The van der Waals surface area contributed by atoms with Gasteiger partial charge in [0.15, 0.2) is 0 Å². The van der Waals surface area contributed by atoms with Gasteiger partial charge in [0.25, 0.3) is 0 Å². The predicted octanol–water partition coefficient (Wildman–Crippen LogP) is 5.12. The lowest BCUT2D eigenvalue weighted by molar-refractivity contribution is -0.135. The number of halogens is 4. The first-order valence-electron chi connectivity index (χ1n) is 6.24. The minimum absolute atomic E-state index is 0.203. The van der Waals surface area contributed by atoms with Gasteiger partial charge in [-0.05, 0) is 6.42 Å². The standard InChI is InChI=1S/C12H22F3IO/c1-2-3-4-5-6-7-8-17-10-11(16)9-12(13,14)15/h11H,2-10H2,1H3. The molecular weight excluding hydrogens is 344 g/mol. The van der Waals surface area contributed by atoms with Crippen LogP contribution >= 0.6 is 22.6 Å². The topological polar surface area (TPSA) is 9.23 Å². The number of ether oxygens (including phenoxy) is 1. The Labute approximate surface area is 116 Å². The van der Waals surface area contributed by atoms with E-state index in [4.69, 9.17) is 4.74 Å². The lowest BCUT2D eigenvalue weighted by Gasteiger charge is -2.12. The molecule has 17 heavy (non-hydrogen) atoms. The van der Waals surface area contributed by atoms with Gasteiger partial charge in [-0.25, -0.2) is 0 Å². The van der Waals surface area contributed by atoms with Crippen molar-refractivity contribution < 1.29 is 17.9 Å². The summed E-state index contributed by atoms with van der Waals surface area (Å²) >= 11 is 1.80. The highest BCUT2D eigenvalue weighted by atomic mass is 127. The van der Waals surface area contributed by atoms with E-state index < -0.39 is 16.5 Å². The highest BCUT2D eigenvalue weighted by Crippen LogP contribution is 2.25. The monoisotopic (exact) mass is 366 g/mol. The van der Waals surface area contributed by atoms with Crippen molar-refractivity contribution in [2.45, 2.75) is 62.0 Å². The minimum Gasteiger partial charge on any atom is -0.380 e. The van der Waals surface area contributed by atoms with Gasteiger partial charge < -0.3 is 4.74 Å². The van der Waals surface area contributed by atoms with Gasteiger partial charge >= 0.3 is 6.18 Å². The van der Waals surface area contributed by atoms with E-state index in [9.17, 15) is 13.2 Å². The number of hydrogen-bond donors (Lipinski definition) is 0. The summed E-state index contributed by atoms with van der Waals surface area (Å²) in [6.07, 6.45) is 2.18. The van der Waals surface area contributed by atoms with Crippen molar-refractivity contribution in [2.75, 3.05) is 13.2 Å². The molecule has 0 heterocycles. The lowest BCUT2D eigenvalue weighted by atomic mass is 10.1. The Morgan fingerprint density at radius 2 is 1.65 bits per heavy atom. The summed E-state index contributed by atoms with van der Waals surface area (Å²) in [5.41, 5.74) is 0.